The number of pyridine rings is 1. The first-order chi connectivity index (χ1) is 25.5. The SMILES string of the molecule is CC.COc1nc(-c2cccc(-c3cccc(N/C(N)=c4\c(=O)n(C)c(=O)n(C)\c4=C\N)c3C)c2Cl)cc2c1CCC2.O=C1NCCC2(CCNC2)N1. The number of carbonyl (C=O) groups excluding carboxylic acids is 1. The number of rotatable bonds is 5. The van der Waals surface area contributed by atoms with Crippen LogP contribution in [0.15, 0.2) is 52.1 Å². The number of urea groups is 1. The Morgan fingerprint density at radius 3 is 2.40 bits per heavy atom. The van der Waals surface area contributed by atoms with E-state index in [1.165, 1.54) is 36.0 Å². The van der Waals surface area contributed by atoms with E-state index in [-0.39, 0.29) is 28.0 Å². The molecule has 1 atom stereocenters. The van der Waals surface area contributed by atoms with Gasteiger partial charge < -0.3 is 37.5 Å². The highest BCUT2D eigenvalue weighted by molar-refractivity contribution is 6.36. The zero-order chi connectivity index (χ0) is 38.4. The second-order valence-corrected chi connectivity index (χ2v) is 13.5. The fourth-order valence-corrected chi connectivity index (χ4v) is 7.52. The highest BCUT2D eigenvalue weighted by Gasteiger charge is 2.37. The largest absolute Gasteiger partial charge is 0.481 e. The number of benzene rings is 2. The summed E-state index contributed by atoms with van der Waals surface area (Å²) in [6, 6.07) is 13.7. The Kier molecular flexibility index (Phi) is 12.2. The molecule has 4 heterocycles. The number of hydrogen-bond acceptors (Lipinski definition) is 9. The van der Waals surface area contributed by atoms with Crippen LogP contribution in [0.5, 0.6) is 5.88 Å². The van der Waals surface area contributed by atoms with Crippen LogP contribution in [0.4, 0.5) is 10.5 Å². The lowest BCUT2D eigenvalue weighted by molar-refractivity contribution is 0.211. The third-order valence-corrected chi connectivity index (χ3v) is 10.5. The van der Waals surface area contributed by atoms with Gasteiger partial charge in [-0.15, -0.1) is 0 Å². The monoisotopic (exact) mass is 743 g/mol. The summed E-state index contributed by atoms with van der Waals surface area (Å²) >= 11 is 7.03. The number of nitrogens with one attached hydrogen (secondary N) is 4. The molecular weight excluding hydrogens is 694 g/mol. The molecular formula is C39H50ClN9O4. The van der Waals surface area contributed by atoms with E-state index in [1.807, 2.05) is 57.2 Å². The van der Waals surface area contributed by atoms with E-state index in [2.05, 4.69) is 27.3 Å². The average Bonchev–Trinajstić information content (AvgIpc) is 3.83. The lowest BCUT2D eigenvalue weighted by Crippen LogP contribution is -2.59. The topological polar surface area (TPSA) is 183 Å². The molecule has 7 rings (SSSR count). The average molecular weight is 744 g/mol. The Labute approximate surface area is 314 Å². The van der Waals surface area contributed by atoms with Crippen molar-refractivity contribution in [3.8, 4) is 28.3 Å². The molecule has 13 nitrogen and oxygen atoms in total. The second-order valence-electron chi connectivity index (χ2n) is 13.2. The molecule has 2 fully saturated rings. The van der Waals surface area contributed by atoms with Gasteiger partial charge >= 0.3 is 11.7 Å². The summed E-state index contributed by atoms with van der Waals surface area (Å²) in [7, 11) is 4.57. The molecule has 2 saturated heterocycles. The van der Waals surface area contributed by atoms with E-state index in [9.17, 15) is 14.4 Å². The minimum Gasteiger partial charge on any atom is -0.481 e. The molecule has 2 aliphatic heterocycles. The van der Waals surface area contributed by atoms with Gasteiger partial charge in [0.15, 0.2) is 0 Å². The normalized spacial score (nSPS) is 18.2. The molecule has 4 aromatic rings. The first-order valence-electron chi connectivity index (χ1n) is 18.0. The Hall–Kier alpha value is -5.27. The standard InChI is InChI=1S/C30H31ClN6O3.C7H13N3O.C2H6/c1-16-18(9-7-13-22(16)34-27(33)25-24(15-32)36(2)30(39)37(3)29(25)38)20-11-6-12-21(26(20)31)23-14-17-8-5-10-19(17)28(35-23)40-4;11-6-9-4-2-7(10-6)1-3-8-5-7;1-2/h6-7,9,11-15,34H,5,8,10,32-33H2,1-4H3;8H,1-5H2,(H2,9,10,11);1-2H3/b24-15+,27-25-;;. The minimum atomic E-state index is -0.549. The van der Waals surface area contributed by atoms with Gasteiger partial charge in [-0.05, 0) is 74.4 Å². The van der Waals surface area contributed by atoms with Gasteiger partial charge in [0.2, 0.25) is 5.88 Å². The molecule has 0 saturated carbocycles. The van der Waals surface area contributed by atoms with Gasteiger partial charge in [-0.25, -0.2) is 14.6 Å². The molecule has 2 amide bonds. The molecule has 3 aliphatic rings. The maximum atomic E-state index is 13.0. The number of aryl methyl sites for hydroxylation is 1. The molecule has 1 aliphatic carbocycles. The van der Waals surface area contributed by atoms with Gasteiger partial charge in [0, 0.05) is 55.8 Å². The van der Waals surface area contributed by atoms with Crippen LogP contribution in [-0.2, 0) is 26.9 Å². The van der Waals surface area contributed by atoms with Gasteiger partial charge in [-0.1, -0.05) is 55.8 Å². The fourth-order valence-electron chi connectivity index (χ4n) is 7.19. The number of hydrogen-bond donors (Lipinski definition) is 6. The Balaban J connectivity index is 0.000000351. The zero-order valence-electron chi connectivity index (χ0n) is 31.3. The van der Waals surface area contributed by atoms with Crippen molar-refractivity contribution >= 4 is 35.3 Å². The van der Waals surface area contributed by atoms with Crippen molar-refractivity contribution in [1.29, 1.82) is 0 Å². The smallest absolute Gasteiger partial charge is 0.330 e. The van der Waals surface area contributed by atoms with Crippen molar-refractivity contribution in [3.63, 3.8) is 0 Å². The highest BCUT2D eigenvalue weighted by atomic mass is 35.5. The van der Waals surface area contributed by atoms with Crippen molar-refractivity contribution in [2.75, 3.05) is 32.1 Å². The fraction of sp³-hybridized carbons (Fsp3) is 0.385. The number of aromatic nitrogens is 3. The molecule has 0 bridgehead atoms. The van der Waals surface area contributed by atoms with Crippen LogP contribution < -0.4 is 59.3 Å². The van der Waals surface area contributed by atoms with Crippen LogP contribution in [0, 0.1) is 6.92 Å². The Bertz CT molecular complexity index is 2260. The first-order valence-corrected chi connectivity index (χ1v) is 18.3. The van der Waals surface area contributed by atoms with Crippen LogP contribution in [0.25, 0.3) is 34.4 Å². The summed E-state index contributed by atoms with van der Waals surface area (Å²) in [6.07, 6.45) is 6.36. The third kappa shape index (κ3) is 7.77. The van der Waals surface area contributed by atoms with Crippen LogP contribution >= 0.6 is 11.6 Å². The van der Waals surface area contributed by atoms with Crippen LogP contribution in [-0.4, -0.2) is 52.4 Å². The molecule has 53 heavy (non-hydrogen) atoms. The number of nitrogens with two attached hydrogens (primary N) is 2. The number of fused-ring (bicyclic) bond motifs is 1. The van der Waals surface area contributed by atoms with E-state index in [0.717, 1.165) is 84.3 Å². The maximum absolute atomic E-state index is 13.0. The van der Waals surface area contributed by atoms with Crippen molar-refractivity contribution < 1.29 is 9.53 Å². The van der Waals surface area contributed by atoms with Gasteiger partial charge in [-0.2, -0.15) is 0 Å². The van der Waals surface area contributed by atoms with Gasteiger partial charge in [0.05, 0.1) is 28.7 Å². The number of methoxy groups -OCH3 is 1. The Morgan fingerprint density at radius 2 is 1.72 bits per heavy atom. The van der Waals surface area contributed by atoms with Gasteiger partial charge in [0.25, 0.3) is 5.56 Å². The molecule has 1 unspecified atom stereocenters. The molecule has 8 N–H and O–H groups in total. The minimum absolute atomic E-state index is 0.0139. The molecule has 0 radical (unpaired) electrons. The van der Waals surface area contributed by atoms with E-state index in [1.54, 1.807) is 7.11 Å². The summed E-state index contributed by atoms with van der Waals surface area (Å²) in [5.41, 5.74) is 18.5. The van der Waals surface area contributed by atoms with Crippen molar-refractivity contribution in [2.24, 2.45) is 25.6 Å². The number of anilines is 1. The zero-order valence-corrected chi connectivity index (χ0v) is 32.0. The van der Waals surface area contributed by atoms with Crippen molar-refractivity contribution in [3.05, 3.63) is 95.6 Å². The molecule has 1 spiro atoms. The first kappa shape index (κ1) is 38.9. The highest BCUT2D eigenvalue weighted by Crippen LogP contribution is 2.41. The molecule has 2 aromatic heterocycles. The van der Waals surface area contributed by atoms with Crippen molar-refractivity contribution in [1.82, 2.24) is 30.1 Å². The number of carbonyl (C=O) groups is 1. The number of amides is 2. The summed E-state index contributed by atoms with van der Waals surface area (Å²) in [5.74, 6) is 0.723. The second kappa shape index (κ2) is 16.6. The quantitative estimate of drug-likeness (QED) is 0.179. The predicted octanol–water partition coefficient (Wildman–Crippen LogP) is 2.55. The Morgan fingerprint density at radius 1 is 1.02 bits per heavy atom. The van der Waals surface area contributed by atoms with E-state index >= 15 is 0 Å². The molecule has 282 valence electrons. The van der Waals surface area contributed by atoms with E-state index in [0.29, 0.717) is 16.6 Å². The molecule has 2 aromatic carbocycles. The van der Waals surface area contributed by atoms with Crippen LogP contribution in [0.2, 0.25) is 5.02 Å². The number of nitrogens with zero attached hydrogens (tertiary/aromatic N) is 3. The lowest BCUT2D eigenvalue weighted by atomic mass is 9.93. The summed E-state index contributed by atoms with van der Waals surface area (Å²) < 4.78 is 7.87. The van der Waals surface area contributed by atoms with E-state index in [4.69, 9.17) is 32.8 Å². The van der Waals surface area contributed by atoms with Gasteiger partial charge in [-0.3, -0.25) is 13.9 Å². The van der Waals surface area contributed by atoms with Gasteiger partial charge in [0.1, 0.15) is 11.0 Å². The summed E-state index contributed by atoms with van der Waals surface area (Å²) in [5, 5.41) is 13.0. The summed E-state index contributed by atoms with van der Waals surface area (Å²) in [4.78, 5) is 41.1. The summed E-state index contributed by atoms with van der Waals surface area (Å²) in [6.45, 7) is 8.72. The number of ether oxygens (including phenoxy) is 1. The lowest BCUT2D eigenvalue weighted by Gasteiger charge is -2.33. The third-order valence-electron chi connectivity index (χ3n) is 10.1. The molecule has 14 heteroatoms. The maximum Gasteiger partial charge on any atom is 0.330 e. The van der Waals surface area contributed by atoms with Crippen molar-refractivity contribution in [2.45, 2.75) is 58.4 Å². The van der Waals surface area contributed by atoms with E-state index < -0.39 is 11.2 Å². The predicted molar refractivity (Wildman–Crippen MR) is 212 cm³/mol. The van der Waals surface area contributed by atoms with Crippen LogP contribution in [0.3, 0.4) is 0 Å². The van der Waals surface area contributed by atoms with Crippen LogP contribution in [0.1, 0.15) is 49.8 Å². The number of halogens is 1.